The molecule has 52 heavy (non-hydrogen) atoms. The summed E-state index contributed by atoms with van der Waals surface area (Å²) in [6.07, 6.45) is 9.46. The molecule has 0 N–H and O–H groups in total. The molecule has 4 heteroatoms. The lowest BCUT2D eigenvalue weighted by atomic mass is 9.85. The molecule has 0 saturated carbocycles. The third kappa shape index (κ3) is 4.84. The number of imidazole rings is 2. The average Bonchev–Trinajstić information content (AvgIpc) is 3.79. The van der Waals surface area contributed by atoms with E-state index in [2.05, 4.69) is 192 Å². The van der Waals surface area contributed by atoms with Crippen molar-refractivity contribution in [2.24, 2.45) is 0 Å². The smallest absolute Gasteiger partial charge is 0.149 e. The Morgan fingerprint density at radius 3 is 2.06 bits per heavy atom. The number of para-hydroxylation sites is 3. The Balaban J connectivity index is 1.36. The molecule has 6 aromatic carbocycles. The molecule has 4 nitrogen and oxygen atoms in total. The van der Waals surface area contributed by atoms with Crippen LogP contribution in [0.25, 0.3) is 66.4 Å². The van der Waals surface area contributed by atoms with Gasteiger partial charge < -0.3 is 0 Å². The number of rotatable bonds is 5. The number of hydrogen-bond acceptors (Lipinski definition) is 2. The Hall–Kier alpha value is -6.78. The maximum absolute atomic E-state index is 5.66. The van der Waals surface area contributed by atoms with Crippen LogP contribution in [0.2, 0.25) is 0 Å². The minimum atomic E-state index is 0.762. The van der Waals surface area contributed by atoms with Crippen LogP contribution >= 0.6 is 0 Å². The molecule has 1 aliphatic rings. The Morgan fingerprint density at radius 1 is 0.615 bits per heavy atom. The van der Waals surface area contributed by atoms with Crippen LogP contribution in [0.1, 0.15) is 24.5 Å². The van der Waals surface area contributed by atoms with E-state index in [0.717, 1.165) is 62.0 Å². The fraction of sp³-hybridized carbons (Fsp3) is 0.0417. The van der Waals surface area contributed by atoms with Gasteiger partial charge in [-0.15, -0.1) is 0 Å². The first-order chi connectivity index (χ1) is 25.7. The van der Waals surface area contributed by atoms with Crippen molar-refractivity contribution >= 4 is 49.4 Å². The Labute approximate surface area is 301 Å². The van der Waals surface area contributed by atoms with Crippen molar-refractivity contribution in [3.05, 3.63) is 203 Å². The van der Waals surface area contributed by atoms with Crippen LogP contribution in [0.3, 0.4) is 0 Å². The number of aromatic nitrogens is 4. The molecule has 0 unspecified atom stereocenters. The summed E-state index contributed by atoms with van der Waals surface area (Å²) in [5, 5.41) is 7.00. The van der Waals surface area contributed by atoms with E-state index < -0.39 is 0 Å². The summed E-state index contributed by atoms with van der Waals surface area (Å²) in [7, 11) is 0. The second kappa shape index (κ2) is 12.2. The van der Waals surface area contributed by atoms with Crippen LogP contribution in [0.4, 0.5) is 0 Å². The highest BCUT2D eigenvalue weighted by atomic mass is 15.1. The highest BCUT2D eigenvalue weighted by Gasteiger charge is 2.25. The molecule has 246 valence electrons. The van der Waals surface area contributed by atoms with E-state index in [0.29, 0.717) is 0 Å². The zero-order chi connectivity index (χ0) is 34.6. The molecule has 0 atom stereocenters. The van der Waals surface area contributed by atoms with Gasteiger partial charge in [-0.25, -0.2) is 9.97 Å². The van der Waals surface area contributed by atoms with Crippen LogP contribution < -0.4 is 10.7 Å². The molecule has 9 aromatic rings. The van der Waals surface area contributed by atoms with Gasteiger partial charge in [-0.2, -0.15) is 0 Å². The zero-order valence-electron chi connectivity index (χ0n) is 28.7. The maximum atomic E-state index is 5.66. The maximum Gasteiger partial charge on any atom is 0.149 e. The minimum Gasteiger partial charge on any atom is -0.299 e. The topological polar surface area (TPSA) is 35.1 Å². The number of nitrogens with zero attached hydrogens (tertiary/aromatic N) is 4. The van der Waals surface area contributed by atoms with Crippen molar-refractivity contribution in [1.29, 1.82) is 0 Å². The molecule has 3 aromatic heterocycles. The van der Waals surface area contributed by atoms with E-state index >= 15 is 0 Å². The van der Waals surface area contributed by atoms with E-state index in [9.17, 15) is 0 Å². The summed E-state index contributed by atoms with van der Waals surface area (Å²) in [6, 6.07) is 54.0. The van der Waals surface area contributed by atoms with Gasteiger partial charge in [-0.05, 0) is 99.3 Å². The lowest BCUT2D eigenvalue weighted by molar-refractivity contribution is 1.07. The molecular formula is C48H34N4. The molecule has 0 aliphatic heterocycles. The van der Waals surface area contributed by atoms with E-state index in [1.165, 1.54) is 38.3 Å². The predicted octanol–water partition coefficient (Wildman–Crippen LogP) is 9.95. The Kier molecular flexibility index (Phi) is 7.07. The van der Waals surface area contributed by atoms with Crippen molar-refractivity contribution in [2.75, 3.05) is 0 Å². The zero-order valence-corrected chi connectivity index (χ0v) is 28.7. The largest absolute Gasteiger partial charge is 0.299 e. The van der Waals surface area contributed by atoms with Crippen molar-refractivity contribution in [1.82, 2.24) is 18.9 Å². The third-order valence-electron chi connectivity index (χ3n) is 10.3. The molecule has 3 heterocycles. The fourth-order valence-electron chi connectivity index (χ4n) is 7.90. The number of fused-ring (bicyclic) bond motifs is 6. The van der Waals surface area contributed by atoms with Gasteiger partial charge in [0.25, 0.3) is 0 Å². The number of pyridine rings is 1. The number of allylic oxidation sites excluding steroid dienone is 4. The third-order valence-corrected chi connectivity index (χ3v) is 10.3. The van der Waals surface area contributed by atoms with Crippen molar-refractivity contribution in [3.63, 3.8) is 0 Å². The van der Waals surface area contributed by atoms with Gasteiger partial charge in [-0.1, -0.05) is 121 Å². The van der Waals surface area contributed by atoms with E-state index in [1.54, 1.807) is 0 Å². The summed E-state index contributed by atoms with van der Waals surface area (Å²) in [5.41, 5.74) is 10.9. The first-order valence-corrected chi connectivity index (χ1v) is 17.8. The number of hydrogen-bond donors (Lipinski definition) is 0. The normalized spacial score (nSPS) is 14.1. The number of benzene rings is 6. The van der Waals surface area contributed by atoms with Crippen molar-refractivity contribution in [2.45, 2.75) is 13.3 Å². The lowest BCUT2D eigenvalue weighted by Crippen LogP contribution is -2.36. The highest BCUT2D eigenvalue weighted by molar-refractivity contribution is 5.94. The minimum absolute atomic E-state index is 0.762. The van der Waals surface area contributed by atoms with E-state index in [-0.39, 0.29) is 0 Å². The van der Waals surface area contributed by atoms with Crippen molar-refractivity contribution in [3.8, 4) is 17.1 Å². The quantitative estimate of drug-likeness (QED) is 0.183. The van der Waals surface area contributed by atoms with Gasteiger partial charge in [-0.3, -0.25) is 8.97 Å². The fourth-order valence-corrected chi connectivity index (χ4v) is 7.90. The van der Waals surface area contributed by atoms with Gasteiger partial charge >= 0.3 is 0 Å². The van der Waals surface area contributed by atoms with Gasteiger partial charge in [0.15, 0.2) is 0 Å². The van der Waals surface area contributed by atoms with Gasteiger partial charge in [0.05, 0.1) is 27.3 Å². The van der Waals surface area contributed by atoms with Crippen LogP contribution in [0.5, 0.6) is 0 Å². The summed E-state index contributed by atoms with van der Waals surface area (Å²) in [6.45, 7) is 2.07. The van der Waals surface area contributed by atoms with Crippen molar-refractivity contribution < 1.29 is 0 Å². The summed E-state index contributed by atoms with van der Waals surface area (Å²) in [5.74, 6) is 0.865. The van der Waals surface area contributed by atoms with E-state index in [4.69, 9.17) is 9.97 Å². The molecule has 0 saturated heterocycles. The Morgan fingerprint density at radius 2 is 1.29 bits per heavy atom. The summed E-state index contributed by atoms with van der Waals surface area (Å²) in [4.78, 5) is 10.9. The second-order valence-corrected chi connectivity index (χ2v) is 13.4. The highest BCUT2D eigenvalue weighted by Crippen LogP contribution is 2.35. The molecule has 10 rings (SSSR count). The van der Waals surface area contributed by atoms with Gasteiger partial charge in [0, 0.05) is 23.9 Å². The molecule has 0 bridgehead atoms. The molecule has 0 spiro atoms. The standard InChI is InChI=1S/C48H34N4/c1-2-3-14-37-31-41(36-26-24-32-15-7-9-17-34(32)29-36)46-45(44(37)38-27-25-33-16-8-10-18-35(33)30-38)50-47-40(21-13-28-51(46)47)48-49-42-22-11-12-23-43(42)52(48)39-19-5-4-6-20-39/h2-30H,31H2,1H3/b3-2-,37-14+. The summed E-state index contributed by atoms with van der Waals surface area (Å²) >= 11 is 0. The molecule has 0 amide bonds. The van der Waals surface area contributed by atoms with Crippen LogP contribution in [-0.4, -0.2) is 18.9 Å². The first-order valence-electron chi connectivity index (χ1n) is 17.8. The molecule has 0 fully saturated rings. The van der Waals surface area contributed by atoms with Crippen LogP contribution in [0.15, 0.2) is 182 Å². The Bertz CT molecular complexity index is 3050. The van der Waals surface area contributed by atoms with E-state index in [1.807, 2.05) is 0 Å². The monoisotopic (exact) mass is 666 g/mol. The second-order valence-electron chi connectivity index (χ2n) is 13.4. The van der Waals surface area contributed by atoms with Crippen LogP contribution in [0, 0.1) is 0 Å². The first kappa shape index (κ1) is 30.1. The molecule has 1 aliphatic carbocycles. The SMILES string of the molecule is C/C=C\C=C1/CC(c2ccc3ccccc3c2)=c2c(nc3c(-c4nc5ccccc5n4-c4ccccc4)cccn23)=C1c1ccc2ccccc2c1. The molecule has 0 radical (unpaired) electrons. The predicted molar refractivity (Wildman–Crippen MR) is 215 cm³/mol. The molecular weight excluding hydrogens is 633 g/mol. The van der Waals surface area contributed by atoms with Gasteiger partial charge in [0.1, 0.15) is 11.5 Å². The average molecular weight is 667 g/mol. The summed E-state index contributed by atoms with van der Waals surface area (Å²) < 4.78 is 4.56. The van der Waals surface area contributed by atoms with Crippen LogP contribution in [-0.2, 0) is 0 Å². The lowest BCUT2D eigenvalue weighted by Gasteiger charge is -2.20. The van der Waals surface area contributed by atoms with Gasteiger partial charge in [0.2, 0.25) is 0 Å².